The van der Waals surface area contributed by atoms with Crippen molar-refractivity contribution in [1.82, 2.24) is 0 Å². The summed E-state index contributed by atoms with van der Waals surface area (Å²) in [5.74, 6) is 0. The van der Waals surface area contributed by atoms with Crippen molar-refractivity contribution >= 4 is 27.8 Å². The van der Waals surface area contributed by atoms with Crippen molar-refractivity contribution in [1.29, 1.82) is 0 Å². The first-order chi connectivity index (χ1) is 29.8. The van der Waals surface area contributed by atoms with E-state index in [4.69, 9.17) is 0 Å². The van der Waals surface area contributed by atoms with Crippen LogP contribution >= 0.6 is 0 Å². The molecule has 12 rings (SSSR count). The summed E-state index contributed by atoms with van der Waals surface area (Å²) in [6.45, 7) is 0. The predicted molar refractivity (Wildman–Crippen MR) is 251 cm³/mol. The van der Waals surface area contributed by atoms with Gasteiger partial charge in [-0.2, -0.15) is 0 Å². The Morgan fingerprint density at radius 1 is 0.283 bits per heavy atom. The van der Waals surface area contributed by atoms with Crippen LogP contribution in [0.5, 0.6) is 0 Å². The third-order valence-corrected chi connectivity index (χ3v) is 12.9. The van der Waals surface area contributed by atoms with Crippen LogP contribution in [0.1, 0.15) is 22.3 Å². The number of para-hydroxylation sites is 1. The van der Waals surface area contributed by atoms with E-state index >= 15 is 0 Å². The maximum atomic E-state index is 2.54. The Hall–Kier alpha value is -7.74. The Balaban J connectivity index is 1.19. The van der Waals surface area contributed by atoms with Gasteiger partial charge in [0.25, 0.3) is 0 Å². The highest BCUT2D eigenvalue weighted by molar-refractivity contribution is 6.07. The predicted octanol–water partition coefficient (Wildman–Crippen LogP) is 15.7. The molecule has 10 aromatic carbocycles. The first-order valence-electron chi connectivity index (χ1n) is 20.9. The SMILES string of the molecule is c1ccc(-c2ccccc2-c2ccccc2N(c2ccc3c(c2)C2(c4ccccc4-c4ccccc42)c2ccccc2-3)c2ccc3ccccc3c2-c2ccccc2)cc1. The average Bonchev–Trinajstić information content (AvgIpc) is 3.79. The van der Waals surface area contributed by atoms with Crippen LogP contribution in [0.15, 0.2) is 237 Å². The van der Waals surface area contributed by atoms with Gasteiger partial charge >= 0.3 is 0 Å². The second kappa shape index (κ2) is 13.7. The van der Waals surface area contributed by atoms with Crippen LogP contribution in [-0.2, 0) is 5.41 Å². The van der Waals surface area contributed by atoms with Crippen LogP contribution in [0.3, 0.4) is 0 Å². The number of benzene rings is 10. The zero-order valence-electron chi connectivity index (χ0n) is 33.0. The molecular weight excluding hydrogens is 723 g/mol. The third-order valence-electron chi connectivity index (χ3n) is 12.9. The summed E-state index contributed by atoms with van der Waals surface area (Å²) < 4.78 is 0. The van der Waals surface area contributed by atoms with Crippen LogP contribution < -0.4 is 4.90 Å². The number of rotatable bonds is 6. The van der Waals surface area contributed by atoms with E-state index < -0.39 is 5.41 Å². The molecule has 280 valence electrons. The summed E-state index contributed by atoms with van der Waals surface area (Å²) in [6, 6.07) is 87.4. The van der Waals surface area contributed by atoms with Crippen molar-refractivity contribution in [3.63, 3.8) is 0 Å². The van der Waals surface area contributed by atoms with Gasteiger partial charge in [-0.05, 0) is 102 Å². The summed E-state index contributed by atoms with van der Waals surface area (Å²) in [7, 11) is 0. The molecule has 0 saturated carbocycles. The summed E-state index contributed by atoms with van der Waals surface area (Å²) in [5, 5.41) is 2.43. The monoisotopic (exact) mass is 761 g/mol. The molecule has 0 amide bonds. The standard InChI is InChI=1S/C59H39N/c1-3-19-40(20-4-1)44-24-9-10-26-46(44)51-30-14-18-34-56(51)60(57-38-35-41-21-7-8-25-45(41)58(57)42-22-5-2-6-23-42)43-36-37-50-49-29-13-17-33-54(49)59(55(50)39-43)52-31-15-11-27-47(52)48-28-12-16-32-53(48)59/h1-39H. The van der Waals surface area contributed by atoms with Crippen LogP contribution in [0.2, 0.25) is 0 Å². The summed E-state index contributed by atoms with van der Waals surface area (Å²) >= 11 is 0. The lowest BCUT2D eigenvalue weighted by Gasteiger charge is -2.34. The van der Waals surface area contributed by atoms with Crippen molar-refractivity contribution in [2.24, 2.45) is 0 Å². The quantitative estimate of drug-likeness (QED) is 0.163. The first-order valence-corrected chi connectivity index (χ1v) is 20.9. The fraction of sp³-hybridized carbons (Fsp3) is 0.0169. The smallest absolute Gasteiger partial charge is 0.0726 e. The number of hydrogen-bond acceptors (Lipinski definition) is 1. The summed E-state index contributed by atoms with van der Waals surface area (Å²) in [4.78, 5) is 2.54. The van der Waals surface area contributed by atoms with E-state index in [9.17, 15) is 0 Å². The molecule has 60 heavy (non-hydrogen) atoms. The van der Waals surface area contributed by atoms with Crippen molar-refractivity contribution < 1.29 is 0 Å². The van der Waals surface area contributed by atoms with Crippen molar-refractivity contribution in [3.05, 3.63) is 259 Å². The molecule has 0 aliphatic heterocycles. The minimum Gasteiger partial charge on any atom is -0.309 e. The second-order valence-corrected chi connectivity index (χ2v) is 15.9. The van der Waals surface area contributed by atoms with E-state index in [2.05, 4.69) is 241 Å². The fourth-order valence-corrected chi connectivity index (χ4v) is 10.5. The van der Waals surface area contributed by atoms with Crippen LogP contribution in [-0.4, -0.2) is 0 Å². The Morgan fingerprint density at radius 2 is 0.767 bits per heavy atom. The lowest BCUT2D eigenvalue weighted by Crippen LogP contribution is -2.26. The zero-order valence-corrected chi connectivity index (χ0v) is 33.0. The van der Waals surface area contributed by atoms with Gasteiger partial charge in [0.2, 0.25) is 0 Å². The number of nitrogens with zero attached hydrogens (tertiary/aromatic N) is 1. The molecule has 0 N–H and O–H groups in total. The highest BCUT2D eigenvalue weighted by atomic mass is 15.1. The molecule has 0 fully saturated rings. The highest BCUT2D eigenvalue weighted by Crippen LogP contribution is 2.63. The fourth-order valence-electron chi connectivity index (χ4n) is 10.5. The second-order valence-electron chi connectivity index (χ2n) is 15.9. The minimum atomic E-state index is -0.466. The molecule has 1 spiro atoms. The van der Waals surface area contributed by atoms with Gasteiger partial charge in [0.1, 0.15) is 0 Å². The molecule has 0 bridgehead atoms. The summed E-state index contributed by atoms with van der Waals surface area (Å²) in [5.41, 5.74) is 20.6. The lowest BCUT2D eigenvalue weighted by atomic mass is 9.70. The van der Waals surface area contributed by atoms with E-state index in [-0.39, 0.29) is 0 Å². The molecule has 0 heterocycles. The Kier molecular flexibility index (Phi) is 7.83. The van der Waals surface area contributed by atoms with Crippen molar-refractivity contribution in [3.8, 4) is 55.6 Å². The van der Waals surface area contributed by atoms with Gasteiger partial charge in [-0.15, -0.1) is 0 Å². The molecule has 1 heteroatoms. The topological polar surface area (TPSA) is 3.24 Å². The van der Waals surface area contributed by atoms with E-state index in [0.717, 1.165) is 17.1 Å². The maximum absolute atomic E-state index is 2.54. The van der Waals surface area contributed by atoms with E-state index in [1.54, 1.807) is 0 Å². The Bertz CT molecular complexity index is 3210. The van der Waals surface area contributed by atoms with Crippen LogP contribution in [0.4, 0.5) is 17.1 Å². The molecule has 2 aliphatic carbocycles. The van der Waals surface area contributed by atoms with Gasteiger partial charge < -0.3 is 4.90 Å². The molecular formula is C59H39N. The molecule has 2 aliphatic rings. The molecule has 0 atom stereocenters. The number of anilines is 3. The zero-order chi connectivity index (χ0) is 39.6. The number of fused-ring (bicyclic) bond motifs is 11. The molecule has 0 saturated heterocycles. The summed E-state index contributed by atoms with van der Waals surface area (Å²) in [6.07, 6.45) is 0. The normalized spacial score (nSPS) is 12.8. The van der Waals surface area contributed by atoms with Gasteiger partial charge in [-0.1, -0.05) is 212 Å². The van der Waals surface area contributed by atoms with Gasteiger partial charge in [-0.25, -0.2) is 0 Å². The van der Waals surface area contributed by atoms with Crippen molar-refractivity contribution in [2.75, 3.05) is 4.90 Å². The first kappa shape index (κ1) is 34.3. The largest absolute Gasteiger partial charge is 0.309 e. The Labute approximate surface area is 351 Å². The van der Waals surface area contributed by atoms with Crippen LogP contribution in [0, 0.1) is 0 Å². The molecule has 10 aromatic rings. The minimum absolute atomic E-state index is 0.466. The van der Waals surface area contributed by atoms with Crippen LogP contribution in [0.25, 0.3) is 66.4 Å². The maximum Gasteiger partial charge on any atom is 0.0726 e. The molecule has 0 unspecified atom stereocenters. The van der Waals surface area contributed by atoms with E-state index in [1.807, 2.05) is 0 Å². The Morgan fingerprint density at radius 3 is 1.42 bits per heavy atom. The van der Waals surface area contributed by atoms with Crippen molar-refractivity contribution in [2.45, 2.75) is 5.41 Å². The van der Waals surface area contributed by atoms with Gasteiger partial charge in [0.05, 0.1) is 16.8 Å². The molecule has 0 aromatic heterocycles. The molecule has 1 nitrogen and oxygen atoms in total. The lowest BCUT2D eigenvalue weighted by molar-refractivity contribution is 0.793. The average molecular weight is 762 g/mol. The molecule has 0 radical (unpaired) electrons. The van der Waals surface area contributed by atoms with Gasteiger partial charge in [-0.3, -0.25) is 0 Å². The highest BCUT2D eigenvalue weighted by Gasteiger charge is 2.51. The van der Waals surface area contributed by atoms with E-state index in [1.165, 1.54) is 88.7 Å². The van der Waals surface area contributed by atoms with E-state index in [0.29, 0.717) is 0 Å². The van der Waals surface area contributed by atoms with Gasteiger partial charge in [0.15, 0.2) is 0 Å². The third kappa shape index (κ3) is 4.99. The van der Waals surface area contributed by atoms with Gasteiger partial charge in [0, 0.05) is 16.8 Å². The number of hydrogen-bond donors (Lipinski definition) is 0.